The molecule has 146 valence electrons. The summed E-state index contributed by atoms with van der Waals surface area (Å²) in [6.45, 7) is 20.8. The van der Waals surface area contributed by atoms with Crippen molar-refractivity contribution in [1.82, 2.24) is 5.32 Å². The number of unbranched alkanes of at least 4 members (excludes halogenated alkanes) is 1. The monoisotopic (exact) mass is 356 g/mol. The van der Waals surface area contributed by atoms with Crippen LogP contribution >= 0.6 is 0 Å². The van der Waals surface area contributed by atoms with E-state index in [0.717, 1.165) is 23.5 Å². The molecule has 0 fully saturated rings. The van der Waals surface area contributed by atoms with Crippen LogP contribution in [0.3, 0.4) is 0 Å². The lowest BCUT2D eigenvalue weighted by Crippen LogP contribution is -2.17. The van der Waals surface area contributed by atoms with Crippen molar-refractivity contribution in [3.8, 4) is 0 Å². The zero-order valence-corrected chi connectivity index (χ0v) is 18.0. The molecule has 0 aliphatic heterocycles. The zero-order chi connectivity index (χ0) is 19.9. The van der Waals surface area contributed by atoms with Gasteiger partial charge in [0, 0.05) is 11.9 Å². The normalized spacial score (nSPS) is 14.6. The molecule has 0 amide bonds. The van der Waals surface area contributed by atoms with Crippen molar-refractivity contribution >= 4 is 5.84 Å². The number of allylic oxidation sites excluding steroid dienone is 6. The average Bonchev–Trinajstić information content (AvgIpc) is 2.60. The van der Waals surface area contributed by atoms with E-state index in [0.29, 0.717) is 5.92 Å². The summed E-state index contributed by atoms with van der Waals surface area (Å²) in [7, 11) is 0. The lowest BCUT2D eigenvalue weighted by molar-refractivity contribution is 0.496. The molecule has 2 heteroatoms. The molecule has 0 aromatic carbocycles. The quantitative estimate of drug-likeness (QED) is 0.219. The molecule has 0 aromatic heterocycles. The van der Waals surface area contributed by atoms with Gasteiger partial charge in [0.25, 0.3) is 0 Å². The Balaban J connectivity index is 4.92. The van der Waals surface area contributed by atoms with E-state index in [1.165, 1.54) is 43.3 Å². The highest BCUT2D eigenvalue weighted by molar-refractivity contribution is 5.82. The van der Waals surface area contributed by atoms with Gasteiger partial charge in [-0.1, -0.05) is 70.9 Å². The number of rotatable bonds is 12. The lowest BCUT2D eigenvalue weighted by atomic mass is 9.89. The molecule has 1 N–H and O–H groups in total. The Labute approximate surface area is 162 Å². The smallest absolute Gasteiger partial charge is 0.103 e. The summed E-state index contributed by atoms with van der Waals surface area (Å²) in [6, 6.07) is 0. The number of hydrogen-bond donors (Lipinski definition) is 1. The highest BCUT2D eigenvalue weighted by atomic mass is 15.0. The second-order valence-corrected chi connectivity index (χ2v) is 6.90. The van der Waals surface area contributed by atoms with Gasteiger partial charge in [-0.3, -0.25) is 0 Å². The van der Waals surface area contributed by atoms with Gasteiger partial charge >= 0.3 is 0 Å². The molecule has 0 bridgehead atoms. The summed E-state index contributed by atoms with van der Waals surface area (Å²) in [5.74, 6) is 1.49. The Morgan fingerprint density at radius 1 is 1.04 bits per heavy atom. The van der Waals surface area contributed by atoms with Crippen LogP contribution in [-0.2, 0) is 0 Å². The Bertz CT molecular complexity index is 559. The van der Waals surface area contributed by atoms with E-state index in [4.69, 9.17) is 0 Å². The van der Waals surface area contributed by atoms with E-state index in [9.17, 15) is 0 Å². The van der Waals surface area contributed by atoms with Crippen molar-refractivity contribution < 1.29 is 0 Å². The van der Waals surface area contributed by atoms with Crippen molar-refractivity contribution in [3.05, 3.63) is 60.0 Å². The number of hydrogen-bond acceptors (Lipinski definition) is 1. The molecule has 2 nitrogen and oxygen atoms in total. The number of nitrogens with zero attached hydrogens (tertiary/aromatic N) is 1. The maximum Gasteiger partial charge on any atom is 0.103 e. The molecule has 1 atom stereocenters. The fourth-order valence-electron chi connectivity index (χ4n) is 2.93. The summed E-state index contributed by atoms with van der Waals surface area (Å²) in [5, 5.41) is 3.26. The second kappa shape index (κ2) is 14.4. The fraction of sp³-hybridized carbons (Fsp3) is 0.542. The largest absolute Gasteiger partial charge is 0.344 e. The summed E-state index contributed by atoms with van der Waals surface area (Å²) in [4.78, 5) is 4.48. The van der Waals surface area contributed by atoms with Crippen molar-refractivity contribution in [1.29, 1.82) is 0 Å². The van der Waals surface area contributed by atoms with Gasteiger partial charge in [-0.05, 0) is 63.2 Å². The molecule has 0 rings (SSSR count). The van der Waals surface area contributed by atoms with Gasteiger partial charge in [-0.25, -0.2) is 4.99 Å². The van der Waals surface area contributed by atoms with Crippen LogP contribution in [0.4, 0.5) is 0 Å². The number of amidine groups is 1. The zero-order valence-electron chi connectivity index (χ0n) is 18.0. The molecule has 0 heterocycles. The van der Waals surface area contributed by atoms with Crippen LogP contribution in [0.15, 0.2) is 65.0 Å². The van der Waals surface area contributed by atoms with E-state index in [2.05, 4.69) is 69.4 Å². The van der Waals surface area contributed by atoms with Crippen molar-refractivity contribution in [3.63, 3.8) is 0 Å². The third-order valence-electron chi connectivity index (χ3n) is 4.51. The Morgan fingerprint density at radius 2 is 1.73 bits per heavy atom. The second-order valence-electron chi connectivity index (χ2n) is 6.90. The first-order valence-electron chi connectivity index (χ1n) is 10.1. The van der Waals surface area contributed by atoms with Crippen LogP contribution in [0.1, 0.15) is 80.1 Å². The molecule has 0 saturated heterocycles. The maximum atomic E-state index is 4.48. The average molecular weight is 357 g/mol. The molecule has 0 aliphatic carbocycles. The van der Waals surface area contributed by atoms with E-state index in [-0.39, 0.29) is 0 Å². The predicted molar refractivity (Wildman–Crippen MR) is 119 cm³/mol. The SMILES string of the molecule is C=C(/C=C\C(=C/C)C(CCC)CCCC)NC(C)=N/C=C(/CC)C(=C)C. The van der Waals surface area contributed by atoms with Crippen molar-refractivity contribution in [2.45, 2.75) is 80.1 Å². The van der Waals surface area contributed by atoms with Crippen LogP contribution in [0, 0.1) is 5.92 Å². The van der Waals surface area contributed by atoms with Crippen molar-refractivity contribution in [2.24, 2.45) is 10.9 Å². The fourth-order valence-corrected chi connectivity index (χ4v) is 2.93. The van der Waals surface area contributed by atoms with E-state index >= 15 is 0 Å². The highest BCUT2D eigenvalue weighted by Gasteiger charge is 2.10. The topological polar surface area (TPSA) is 24.4 Å². The van der Waals surface area contributed by atoms with Crippen LogP contribution in [0.5, 0.6) is 0 Å². The van der Waals surface area contributed by atoms with Crippen LogP contribution in [0.25, 0.3) is 0 Å². The molecule has 26 heavy (non-hydrogen) atoms. The third-order valence-corrected chi connectivity index (χ3v) is 4.51. The van der Waals surface area contributed by atoms with Crippen LogP contribution in [0.2, 0.25) is 0 Å². The van der Waals surface area contributed by atoms with Crippen LogP contribution in [-0.4, -0.2) is 5.84 Å². The van der Waals surface area contributed by atoms with Gasteiger partial charge in [0.05, 0.1) is 0 Å². The van der Waals surface area contributed by atoms with Gasteiger partial charge < -0.3 is 5.32 Å². The van der Waals surface area contributed by atoms with Gasteiger partial charge in [0.2, 0.25) is 0 Å². The minimum Gasteiger partial charge on any atom is -0.344 e. The van der Waals surface area contributed by atoms with Crippen molar-refractivity contribution in [2.75, 3.05) is 0 Å². The van der Waals surface area contributed by atoms with Gasteiger partial charge in [0.1, 0.15) is 5.84 Å². The first-order chi connectivity index (χ1) is 12.4. The minimum absolute atomic E-state index is 0.648. The Hall–Kier alpha value is -1.83. The minimum atomic E-state index is 0.648. The molecule has 1 unspecified atom stereocenters. The molecular weight excluding hydrogens is 316 g/mol. The molecule has 0 aliphatic rings. The lowest BCUT2D eigenvalue weighted by Gasteiger charge is -2.17. The summed E-state index contributed by atoms with van der Waals surface area (Å²) in [6.07, 6.45) is 15.6. The van der Waals surface area contributed by atoms with Crippen LogP contribution < -0.4 is 5.32 Å². The standard InChI is InChI=1S/C24H40N2/c1-9-13-15-24(14-10-2)22(11-3)17-16-20(7)26-21(8)25-18-23(12-4)19(5)6/h11,16-18,24H,5,7,9-10,12-15H2,1-4,6,8H3,(H,25,26)/b17-16-,22-11+,23-18-. The molecule has 0 radical (unpaired) electrons. The molecule has 0 spiro atoms. The summed E-state index contributed by atoms with van der Waals surface area (Å²) >= 11 is 0. The maximum absolute atomic E-state index is 4.48. The molecule has 0 saturated carbocycles. The number of nitrogens with one attached hydrogen (secondary N) is 1. The summed E-state index contributed by atoms with van der Waals surface area (Å²) < 4.78 is 0. The van der Waals surface area contributed by atoms with E-state index < -0.39 is 0 Å². The predicted octanol–water partition coefficient (Wildman–Crippen LogP) is 7.49. The highest BCUT2D eigenvalue weighted by Crippen LogP contribution is 2.24. The first kappa shape index (κ1) is 24.2. The Morgan fingerprint density at radius 3 is 2.23 bits per heavy atom. The van der Waals surface area contributed by atoms with Gasteiger partial charge in [-0.2, -0.15) is 0 Å². The van der Waals surface area contributed by atoms with Gasteiger partial charge in [-0.15, -0.1) is 0 Å². The third kappa shape index (κ3) is 10.2. The summed E-state index contributed by atoms with van der Waals surface area (Å²) in [5.41, 5.74) is 4.50. The Kier molecular flexibility index (Phi) is 13.3. The van der Waals surface area contributed by atoms with Gasteiger partial charge in [0.15, 0.2) is 0 Å². The first-order valence-corrected chi connectivity index (χ1v) is 10.1. The number of aliphatic imine (C=N–C) groups is 1. The van der Waals surface area contributed by atoms with E-state index in [1.807, 2.05) is 20.0 Å². The molecular formula is C24H40N2. The van der Waals surface area contributed by atoms with E-state index in [1.54, 1.807) is 0 Å². The molecule has 0 aromatic rings.